The molecule has 0 saturated heterocycles. The molecule has 0 unspecified atom stereocenters. The number of carbonyl (C=O) groups excluding carboxylic acids is 1. The van der Waals surface area contributed by atoms with Crippen LogP contribution in [0.3, 0.4) is 0 Å². The van der Waals surface area contributed by atoms with Crippen LogP contribution in [0.15, 0.2) is 36.4 Å². The Balaban J connectivity index is 2.19. The average Bonchev–Trinajstić information content (AvgIpc) is 2.63. The number of anilines is 2. The Hall–Kier alpha value is -2.94. The molecule has 29 heavy (non-hydrogen) atoms. The van der Waals surface area contributed by atoms with Crippen molar-refractivity contribution in [3.63, 3.8) is 0 Å². The molecule has 0 aliphatic carbocycles. The van der Waals surface area contributed by atoms with Gasteiger partial charge in [0.1, 0.15) is 11.5 Å². The van der Waals surface area contributed by atoms with Crippen LogP contribution < -0.4 is 24.8 Å². The van der Waals surface area contributed by atoms with Gasteiger partial charge in [-0.15, -0.1) is 0 Å². The molecule has 3 N–H and O–H groups in total. The molecule has 0 bridgehead atoms. The van der Waals surface area contributed by atoms with Gasteiger partial charge in [-0.25, -0.2) is 13.2 Å². The zero-order chi connectivity index (χ0) is 21.4. The number of carbonyl (C=O) groups is 1. The summed E-state index contributed by atoms with van der Waals surface area (Å²) in [5.74, 6) is 0.815. The summed E-state index contributed by atoms with van der Waals surface area (Å²) in [7, 11) is -3.49. The number of hydrogen-bond donors (Lipinski definition) is 3. The van der Waals surface area contributed by atoms with Crippen molar-refractivity contribution in [1.29, 1.82) is 0 Å². The van der Waals surface area contributed by atoms with E-state index in [9.17, 15) is 13.2 Å². The van der Waals surface area contributed by atoms with Crippen LogP contribution in [0.25, 0.3) is 0 Å². The smallest absolute Gasteiger partial charge is 0.319 e. The number of amides is 2. The minimum absolute atomic E-state index is 0.173. The Kier molecular flexibility index (Phi) is 7.72. The van der Waals surface area contributed by atoms with Crippen molar-refractivity contribution in [2.45, 2.75) is 27.3 Å². The highest BCUT2D eigenvalue weighted by atomic mass is 32.2. The molecule has 2 aromatic carbocycles. The maximum atomic E-state index is 12.2. The number of rotatable bonds is 9. The highest BCUT2D eigenvalue weighted by Gasteiger charge is 2.15. The number of urea groups is 1. The fourth-order valence-corrected chi connectivity index (χ4v) is 3.13. The Morgan fingerprint density at radius 3 is 2.21 bits per heavy atom. The largest absolute Gasteiger partial charge is 0.493 e. The van der Waals surface area contributed by atoms with Crippen molar-refractivity contribution in [3.8, 4) is 11.5 Å². The molecule has 158 valence electrons. The fourth-order valence-electron chi connectivity index (χ4n) is 2.57. The zero-order valence-electron chi connectivity index (χ0n) is 17.0. The van der Waals surface area contributed by atoms with E-state index < -0.39 is 10.0 Å². The topological polar surface area (TPSA) is 106 Å². The van der Waals surface area contributed by atoms with Crippen molar-refractivity contribution in [2.75, 3.05) is 29.5 Å². The third-order valence-electron chi connectivity index (χ3n) is 3.81. The van der Waals surface area contributed by atoms with E-state index in [4.69, 9.17) is 9.47 Å². The van der Waals surface area contributed by atoms with E-state index in [0.29, 0.717) is 36.0 Å². The first-order valence-electron chi connectivity index (χ1n) is 9.23. The molecule has 8 nitrogen and oxygen atoms in total. The minimum Gasteiger partial charge on any atom is -0.493 e. The first kappa shape index (κ1) is 22.4. The monoisotopic (exact) mass is 421 g/mol. The van der Waals surface area contributed by atoms with E-state index in [1.54, 1.807) is 19.1 Å². The number of sulfonamides is 1. The summed E-state index contributed by atoms with van der Waals surface area (Å²) in [6.45, 7) is 6.50. The van der Waals surface area contributed by atoms with E-state index in [0.717, 1.165) is 11.8 Å². The second kappa shape index (κ2) is 10.0. The maximum Gasteiger partial charge on any atom is 0.319 e. The Labute approximate surface area is 171 Å². The summed E-state index contributed by atoms with van der Waals surface area (Å²) in [4.78, 5) is 12.2. The summed E-state index contributed by atoms with van der Waals surface area (Å²) in [5.41, 5.74) is 2.73. The van der Waals surface area contributed by atoms with Crippen molar-refractivity contribution in [1.82, 2.24) is 5.32 Å². The molecule has 0 saturated carbocycles. The van der Waals surface area contributed by atoms with Crippen LogP contribution in [0.4, 0.5) is 16.2 Å². The lowest BCUT2D eigenvalue weighted by atomic mass is 10.1. The van der Waals surface area contributed by atoms with E-state index >= 15 is 0 Å². The van der Waals surface area contributed by atoms with Gasteiger partial charge >= 0.3 is 6.03 Å². The normalized spacial score (nSPS) is 10.9. The van der Waals surface area contributed by atoms with Crippen LogP contribution in [0, 0.1) is 6.92 Å². The maximum absolute atomic E-state index is 12.2. The van der Waals surface area contributed by atoms with Crippen LogP contribution in [-0.2, 0) is 16.6 Å². The van der Waals surface area contributed by atoms with Crippen LogP contribution >= 0.6 is 0 Å². The number of benzene rings is 2. The molecule has 2 rings (SSSR count). The van der Waals surface area contributed by atoms with Crippen LogP contribution in [0.5, 0.6) is 11.5 Å². The quantitative estimate of drug-likeness (QED) is 0.575. The Morgan fingerprint density at radius 2 is 1.62 bits per heavy atom. The van der Waals surface area contributed by atoms with Gasteiger partial charge in [-0.3, -0.25) is 4.72 Å². The molecule has 0 fully saturated rings. The number of nitrogens with one attached hydrogen (secondary N) is 3. The molecule has 0 heterocycles. The predicted molar refractivity (Wildman–Crippen MR) is 114 cm³/mol. The van der Waals surface area contributed by atoms with Crippen LogP contribution in [0.1, 0.15) is 25.0 Å². The summed E-state index contributed by atoms with van der Waals surface area (Å²) in [6.07, 6.45) is 1.06. The Morgan fingerprint density at radius 1 is 1.00 bits per heavy atom. The highest BCUT2D eigenvalue weighted by molar-refractivity contribution is 7.92. The van der Waals surface area contributed by atoms with Crippen LogP contribution in [-0.4, -0.2) is 33.9 Å². The zero-order valence-corrected chi connectivity index (χ0v) is 17.9. The third-order valence-corrected chi connectivity index (χ3v) is 4.40. The standard InChI is InChI=1S/C20H27N3O5S/c1-5-27-18-12-17(23-29(4,25)26)19(28-6-2)11-15(18)13-21-20(24)22-16-9-7-14(3)8-10-16/h7-12,23H,5-6,13H2,1-4H3,(H2,21,22,24). The van der Waals surface area contributed by atoms with Gasteiger partial charge in [0, 0.05) is 23.9 Å². The molecule has 0 aromatic heterocycles. The third kappa shape index (κ3) is 7.19. The van der Waals surface area contributed by atoms with E-state index in [-0.39, 0.29) is 18.3 Å². The number of ether oxygens (including phenoxy) is 2. The predicted octanol–water partition coefficient (Wildman–Crippen LogP) is 3.49. The number of aryl methyl sites for hydroxylation is 1. The average molecular weight is 422 g/mol. The van der Waals surface area contributed by atoms with Crippen molar-refractivity contribution in [3.05, 3.63) is 47.5 Å². The molecule has 2 amide bonds. The molecule has 0 radical (unpaired) electrons. The van der Waals surface area contributed by atoms with Gasteiger partial charge in [-0.05, 0) is 39.0 Å². The summed E-state index contributed by atoms with van der Waals surface area (Å²) in [5, 5.41) is 5.53. The molecule has 0 aliphatic rings. The van der Waals surface area contributed by atoms with Gasteiger partial charge < -0.3 is 20.1 Å². The van der Waals surface area contributed by atoms with Gasteiger partial charge in [0.15, 0.2) is 0 Å². The van der Waals surface area contributed by atoms with Crippen LogP contribution in [0.2, 0.25) is 0 Å². The van der Waals surface area contributed by atoms with Crippen molar-refractivity contribution >= 4 is 27.4 Å². The van der Waals surface area contributed by atoms with E-state index in [1.165, 1.54) is 0 Å². The lowest BCUT2D eigenvalue weighted by Crippen LogP contribution is -2.28. The van der Waals surface area contributed by atoms with Crippen molar-refractivity contribution in [2.24, 2.45) is 0 Å². The van der Waals surface area contributed by atoms with Crippen molar-refractivity contribution < 1.29 is 22.7 Å². The Bertz CT molecular complexity index is 943. The van der Waals surface area contributed by atoms with Gasteiger partial charge in [0.05, 0.1) is 25.2 Å². The molecular weight excluding hydrogens is 394 g/mol. The molecule has 9 heteroatoms. The number of hydrogen-bond acceptors (Lipinski definition) is 5. The summed E-state index contributed by atoms with van der Waals surface area (Å²) >= 11 is 0. The summed E-state index contributed by atoms with van der Waals surface area (Å²) < 4.78 is 36.9. The van der Waals surface area contributed by atoms with Gasteiger partial charge in [0.25, 0.3) is 0 Å². The lowest BCUT2D eigenvalue weighted by molar-refractivity contribution is 0.251. The lowest BCUT2D eigenvalue weighted by Gasteiger charge is -2.17. The van der Waals surface area contributed by atoms with Gasteiger partial charge in [-0.2, -0.15) is 0 Å². The first-order valence-corrected chi connectivity index (χ1v) is 11.1. The molecule has 0 aliphatic heterocycles. The first-order chi connectivity index (χ1) is 13.7. The van der Waals surface area contributed by atoms with Gasteiger partial charge in [-0.1, -0.05) is 17.7 Å². The van der Waals surface area contributed by atoms with E-state index in [1.807, 2.05) is 38.1 Å². The molecule has 0 atom stereocenters. The van der Waals surface area contributed by atoms with E-state index in [2.05, 4.69) is 15.4 Å². The summed E-state index contributed by atoms with van der Waals surface area (Å²) in [6, 6.07) is 10.3. The highest BCUT2D eigenvalue weighted by Crippen LogP contribution is 2.34. The second-order valence-corrected chi connectivity index (χ2v) is 8.12. The molecular formula is C20H27N3O5S. The SMILES string of the molecule is CCOc1cc(NS(C)(=O)=O)c(OCC)cc1CNC(=O)Nc1ccc(C)cc1. The molecule has 2 aromatic rings. The fraction of sp³-hybridized carbons (Fsp3) is 0.350. The molecule has 0 spiro atoms. The second-order valence-electron chi connectivity index (χ2n) is 6.37. The minimum atomic E-state index is -3.49. The van der Waals surface area contributed by atoms with Gasteiger partial charge in [0.2, 0.25) is 10.0 Å².